The first-order valence-corrected chi connectivity index (χ1v) is 8.92. The smallest absolute Gasteiger partial charge is 0.125 e. The second-order valence-electron chi connectivity index (χ2n) is 10.0. The van der Waals surface area contributed by atoms with Gasteiger partial charge in [0.05, 0.1) is 17.7 Å². The molecule has 0 amide bonds. The Balaban J connectivity index is 2.31. The number of aliphatic hydroxyl groups excluding tert-OH is 2. The van der Waals surface area contributed by atoms with Crippen LogP contribution in [0.2, 0.25) is 0 Å². The highest BCUT2D eigenvalue weighted by molar-refractivity contribution is 5.04. The first-order chi connectivity index (χ1) is 10.6. The summed E-state index contributed by atoms with van der Waals surface area (Å²) in [5.74, 6) is 0. The Hall–Kier alpha value is -0.240. The molecular weight excluding hydrogens is 308 g/mol. The fourth-order valence-corrected chi connectivity index (χ4v) is 4.88. The second-order valence-corrected chi connectivity index (χ2v) is 10.0. The summed E-state index contributed by atoms with van der Waals surface area (Å²) in [6, 6.07) is 0. The Morgan fingerprint density at radius 3 is 1.75 bits per heavy atom. The molecule has 141 valence electrons. The highest BCUT2D eigenvalue weighted by atomic mass is 16.7. The summed E-state index contributed by atoms with van der Waals surface area (Å²) in [5.41, 5.74) is -2.27. The van der Waals surface area contributed by atoms with E-state index in [0.717, 1.165) is 5.06 Å². The molecular formula is C18H35N2O4. The fourth-order valence-electron chi connectivity index (χ4n) is 4.88. The lowest BCUT2D eigenvalue weighted by Gasteiger charge is -2.58. The molecule has 6 heteroatoms. The monoisotopic (exact) mass is 343 g/mol. The third-order valence-electron chi connectivity index (χ3n) is 5.62. The number of aliphatic hydroxyl groups is 2. The SMILES string of the molecule is CC1(C)CC(O)CC(C)(C)N1OC1C(O)CC(C)(C)N([O])C1(C)C. The van der Waals surface area contributed by atoms with Gasteiger partial charge in [-0.05, 0) is 74.7 Å². The minimum Gasteiger partial charge on any atom is -0.393 e. The predicted octanol–water partition coefficient (Wildman–Crippen LogP) is 2.27. The van der Waals surface area contributed by atoms with E-state index in [1.807, 2.05) is 60.5 Å². The van der Waals surface area contributed by atoms with Crippen LogP contribution < -0.4 is 0 Å². The molecule has 0 saturated carbocycles. The van der Waals surface area contributed by atoms with Crippen molar-refractivity contribution in [2.75, 3.05) is 0 Å². The van der Waals surface area contributed by atoms with Crippen LogP contribution in [0.1, 0.15) is 74.7 Å². The van der Waals surface area contributed by atoms with Crippen LogP contribution >= 0.6 is 0 Å². The van der Waals surface area contributed by atoms with Crippen molar-refractivity contribution in [3.63, 3.8) is 0 Å². The molecule has 24 heavy (non-hydrogen) atoms. The zero-order valence-corrected chi connectivity index (χ0v) is 16.5. The third kappa shape index (κ3) is 3.37. The van der Waals surface area contributed by atoms with Crippen LogP contribution in [0.25, 0.3) is 0 Å². The van der Waals surface area contributed by atoms with Crippen LogP contribution in [0, 0.1) is 0 Å². The molecule has 0 spiro atoms. The maximum absolute atomic E-state index is 12.8. The molecule has 6 nitrogen and oxygen atoms in total. The molecule has 0 aromatic heterocycles. The lowest BCUT2D eigenvalue weighted by Crippen LogP contribution is -2.71. The summed E-state index contributed by atoms with van der Waals surface area (Å²) < 4.78 is 0. The predicted molar refractivity (Wildman–Crippen MR) is 91.4 cm³/mol. The first kappa shape index (κ1) is 20.1. The van der Waals surface area contributed by atoms with Crippen molar-refractivity contribution in [1.29, 1.82) is 0 Å². The van der Waals surface area contributed by atoms with Crippen molar-refractivity contribution >= 4 is 0 Å². The van der Waals surface area contributed by atoms with Gasteiger partial charge in [0.1, 0.15) is 6.10 Å². The number of hydroxylamine groups is 4. The molecule has 2 unspecified atom stereocenters. The van der Waals surface area contributed by atoms with E-state index in [2.05, 4.69) is 0 Å². The Morgan fingerprint density at radius 2 is 1.29 bits per heavy atom. The van der Waals surface area contributed by atoms with Gasteiger partial charge in [-0.3, -0.25) is 4.84 Å². The van der Waals surface area contributed by atoms with Crippen LogP contribution in [-0.2, 0) is 10.0 Å². The summed E-state index contributed by atoms with van der Waals surface area (Å²) in [6.07, 6.45) is -0.190. The second kappa shape index (κ2) is 5.89. The first-order valence-electron chi connectivity index (χ1n) is 8.92. The van der Waals surface area contributed by atoms with E-state index in [0.29, 0.717) is 19.3 Å². The molecule has 0 aromatic rings. The Morgan fingerprint density at radius 1 is 0.833 bits per heavy atom. The normalized spacial score (nSPS) is 36.6. The van der Waals surface area contributed by atoms with Crippen LogP contribution in [0.15, 0.2) is 0 Å². The minimum absolute atomic E-state index is 0.363. The maximum atomic E-state index is 12.8. The largest absolute Gasteiger partial charge is 0.393 e. The zero-order valence-electron chi connectivity index (χ0n) is 16.5. The lowest BCUT2D eigenvalue weighted by atomic mass is 9.77. The Bertz CT molecular complexity index is 458. The molecule has 0 aromatic carbocycles. The van der Waals surface area contributed by atoms with E-state index in [4.69, 9.17) is 4.84 Å². The van der Waals surface area contributed by atoms with E-state index in [-0.39, 0.29) is 6.10 Å². The summed E-state index contributed by atoms with van der Waals surface area (Å²) in [6.45, 7) is 15.5. The average Bonchev–Trinajstić information content (AvgIpc) is 2.32. The summed E-state index contributed by atoms with van der Waals surface area (Å²) in [4.78, 5) is 6.33. The van der Waals surface area contributed by atoms with Crippen molar-refractivity contribution in [2.24, 2.45) is 0 Å². The van der Waals surface area contributed by atoms with Crippen molar-refractivity contribution in [3.8, 4) is 0 Å². The van der Waals surface area contributed by atoms with Gasteiger partial charge in [0.25, 0.3) is 0 Å². The molecule has 0 aliphatic carbocycles. The number of hydrogen-bond donors (Lipinski definition) is 2. The molecule has 2 atom stereocenters. The van der Waals surface area contributed by atoms with Gasteiger partial charge in [-0.25, -0.2) is 0 Å². The van der Waals surface area contributed by atoms with Crippen molar-refractivity contribution in [1.82, 2.24) is 10.1 Å². The van der Waals surface area contributed by atoms with Crippen LogP contribution in [-0.4, -0.2) is 60.8 Å². The lowest BCUT2D eigenvalue weighted by molar-refractivity contribution is -0.390. The summed E-state index contributed by atoms with van der Waals surface area (Å²) in [5, 5.41) is 36.7. The topological polar surface area (TPSA) is 76.1 Å². The van der Waals surface area contributed by atoms with Crippen molar-refractivity contribution < 1.29 is 20.3 Å². The fraction of sp³-hybridized carbons (Fsp3) is 1.00. The molecule has 2 aliphatic heterocycles. The number of rotatable bonds is 2. The van der Waals surface area contributed by atoms with E-state index in [1.165, 1.54) is 0 Å². The van der Waals surface area contributed by atoms with Gasteiger partial charge in [0.2, 0.25) is 0 Å². The summed E-state index contributed by atoms with van der Waals surface area (Å²) >= 11 is 0. The average molecular weight is 343 g/mol. The molecule has 2 N–H and O–H groups in total. The van der Waals surface area contributed by atoms with Crippen LogP contribution in [0.5, 0.6) is 0 Å². The van der Waals surface area contributed by atoms with Crippen LogP contribution in [0.4, 0.5) is 0 Å². The molecule has 2 rings (SSSR count). The van der Waals surface area contributed by atoms with Crippen molar-refractivity contribution in [2.45, 2.75) is 115 Å². The van der Waals surface area contributed by atoms with E-state index < -0.39 is 34.4 Å². The molecule has 2 saturated heterocycles. The number of piperidine rings is 2. The highest BCUT2D eigenvalue weighted by Crippen LogP contribution is 2.44. The van der Waals surface area contributed by atoms with E-state index in [1.54, 1.807) is 0 Å². The minimum atomic E-state index is -0.858. The highest BCUT2D eigenvalue weighted by Gasteiger charge is 2.56. The molecule has 2 fully saturated rings. The quantitative estimate of drug-likeness (QED) is 0.804. The van der Waals surface area contributed by atoms with Crippen molar-refractivity contribution in [3.05, 3.63) is 0 Å². The van der Waals surface area contributed by atoms with Gasteiger partial charge in [-0.2, -0.15) is 5.06 Å². The van der Waals surface area contributed by atoms with Gasteiger partial charge >= 0.3 is 0 Å². The maximum Gasteiger partial charge on any atom is 0.125 e. The van der Waals surface area contributed by atoms with Gasteiger partial charge in [0.15, 0.2) is 0 Å². The Kier molecular flexibility index (Phi) is 4.93. The van der Waals surface area contributed by atoms with Gasteiger partial charge in [-0.15, -0.1) is 10.3 Å². The van der Waals surface area contributed by atoms with E-state index >= 15 is 0 Å². The molecule has 0 bridgehead atoms. The van der Waals surface area contributed by atoms with Crippen LogP contribution in [0.3, 0.4) is 0 Å². The van der Waals surface area contributed by atoms with E-state index in [9.17, 15) is 15.4 Å². The van der Waals surface area contributed by atoms with Gasteiger partial charge < -0.3 is 10.2 Å². The molecule has 2 heterocycles. The molecule has 1 radical (unpaired) electrons. The van der Waals surface area contributed by atoms with Gasteiger partial charge in [-0.1, -0.05) is 0 Å². The Labute approximate surface area is 146 Å². The third-order valence-corrected chi connectivity index (χ3v) is 5.62. The number of nitrogens with zero attached hydrogens (tertiary/aromatic N) is 2. The zero-order chi connectivity index (χ0) is 18.7. The van der Waals surface area contributed by atoms with Gasteiger partial charge in [0, 0.05) is 16.6 Å². The summed E-state index contributed by atoms with van der Waals surface area (Å²) in [7, 11) is 0. The number of hydrogen-bond acceptors (Lipinski definition) is 5. The standard InChI is InChI=1S/C18H35N2O4/c1-15(2)11-13(22)14(18(7,8)19(15)23)24-20-16(3,4)9-12(21)10-17(20,5)6/h12-14,21-22H,9-11H2,1-8H3. The molecule has 2 aliphatic rings.